The van der Waals surface area contributed by atoms with Gasteiger partial charge in [0.2, 0.25) is 0 Å². The van der Waals surface area contributed by atoms with Crippen molar-refractivity contribution in [1.82, 2.24) is 0 Å². The number of carboxylic acid groups (broad SMARTS) is 1. The van der Waals surface area contributed by atoms with E-state index in [-0.39, 0.29) is 0 Å². The average molecular weight is 324 g/mol. The second kappa shape index (κ2) is 6.62. The van der Waals surface area contributed by atoms with Gasteiger partial charge in [0.25, 0.3) is 0 Å². The minimum atomic E-state index is -4.38. The minimum absolute atomic E-state index is 0.588. The van der Waals surface area contributed by atoms with Gasteiger partial charge in [-0.25, -0.2) is 4.79 Å². The number of halogens is 3. The van der Waals surface area contributed by atoms with Crippen LogP contribution in [0, 0.1) is 0 Å². The van der Waals surface area contributed by atoms with Gasteiger partial charge < -0.3 is 5.11 Å². The van der Waals surface area contributed by atoms with Gasteiger partial charge in [-0.3, -0.25) is 0 Å². The van der Waals surface area contributed by atoms with Gasteiger partial charge in [0.05, 0.1) is 5.56 Å². The van der Waals surface area contributed by atoms with E-state index in [1.54, 1.807) is 6.08 Å². The zero-order valence-electron chi connectivity index (χ0n) is 11.2. The van der Waals surface area contributed by atoms with Crippen LogP contribution >= 0.6 is 11.3 Å². The van der Waals surface area contributed by atoms with Crippen LogP contribution in [0.2, 0.25) is 0 Å². The van der Waals surface area contributed by atoms with Crippen LogP contribution in [0.15, 0.2) is 60.0 Å². The summed E-state index contributed by atoms with van der Waals surface area (Å²) in [6.45, 7) is 0. The Balaban J connectivity index is 2.40. The largest absolute Gasteiger partial charge is 0.478 e. The Labute approximate surface area is 128 Å². The van der Waals surface area contributed by atoms with E-state index in [1.807, 2.05) is 17.5 Å². The fraction of sp³-hybridized carbons (Fsp3) is 0.0625. The fourth-order valence-electron chi connectivity index (χ4n) is 1.82. The van der Waals surface area contributed by atoms with Crippen molar-refractivity contribution in [3.8, 4) is 0 Å². The van der Waals surface area contributed by atoms with Crippen molar-refractivity contribution in [3.63, 3.8) is 0 Å². The Hall–Kier alpha value is -2.34. The highest BCUT2D eigenvalue weighted by molar-refractivity contribution is 7.11. The first-order chi connectivity index (χ1) is 10.4. The summed E-state index contributed by atoms with van der Waals surface area (Å²) in [7, 11) is 0. The van der Waals surface area contributed by atoms with Crippen LogP contribution in [-0.4, -0.2) is 11.1 Å². The van der Waals surface area contributed by atoms with E-state index in [0.717, 1.165) is 23.1 Å². The second-order valence-corrected chi connectivity index (χ2v) is 5.28. The van der Waals surface area contributed by atoms with E-state index in [1.165, 1.54) is 29.5 Å². The van der Waals surface area contributed by atoms with Crippen LogP contribution < -0.4 is 0 Å². The van der Waals surface area contributed by atoms with Crippen molar-refractivity contribution < 1.29 is 23.1 Å². The Kier molecular flexibility index (Phi) is 4.82. The zero-order valence-corrected chi connectivity index (χ0v) is 12.0. The highest BCUT2D eigenvalue weighted by Crippen LogP contribution is 2.32. The van der Waals surface area contributed by atoms with Gasteiger partial charge in [0.15, 0.2) is 0 Å². The SMILES string of the molecule is O=C(O)C=CC=C(c1ccc(C(F)(F)F)cc1)c1cccs1. The van der Waals surface area contributed by atoms with Crippen molar-refractivity contribution >= 4 is 22.9 Å². The molecule has 0 spiro atoms. The molecule has 0 amide bonds. The summed E-state index contributed by atoms with van der Waals surface area (Å²) in [5.74, 6) is -1.09. The Bertz CT molecular complexity index is 696. The summed E-state index contributed by atoms with van der Waals surface area (Å²) >= 11 is 1.42. The first-order valence-electron chi connectivity index (χ1n) is 6.21. The summed E-state index contributed by atoms with van der Waals surface area (Å²) in [5.41, 5.74) is 0.537. The molecule has 114 valence electrons. The predicted octanol–water partition coefficient (Wildman–Crippen LogP) is 4.84. The van der Waals surface area contributed by atoms with Gasteiger partial charge in [-0.2, -0.15) is 13.2 Å². The van der Waals surface area contributed by atoms with Crippen LogP contribution in [0.4, 0.5) is 13.2 Å². The third-order valence-electron chi connectivity index (χ3n) is 2.81. The predicted molar refractivity (Wildman–Crippen MR) is 79.6 cm³/mol. The molecule has 1 heterocycles. The van der Waals surface area contributed by atoms with Crippen molar-refractivity contribution in [2.75, 3.05) is 0 Å². The summed E-state index contributed by atoms with van der Waals surface area (Å²) in [6, 6.07) is 8.42. The highest BCUT2D eigenvalue weighted by atomic mass is 32.1. The van der Waals surface area contributed by atoms with E-state index in [0.29, 0.717) is 11.1 Å². The highest BCUT2D eigenvalue weighted by Gasteiger charge is 2.30. The molecule has 2 rings (SSSR count). The molecule has 0 aliphatic carbocycles. The van der Waals surface area contributed by atoms with Crippen molar-refractivity contribution in [2.24, 2.45) is 0 Å². The molecule has 0 bridgehead atoms. The Morgan fingerprint density at radius 3 is 2.32 bits per heavy atom. The number of hydrogen-bond donors (Lipinski definition) is 1. The number of rotatable bonds is 4. The lowest BCUT2D eigenvalue weighted by atomic mass is 10.0. The molecule has 1 aromatic heterocycles. The van der Waals surface area contributed by atoms with Crippen molar-refractivity contribution in [2.45, 2.75) is 6.18 Å². The number of carboxylic acids is 1. The molecule has 0 saturated carbocycles. The van der Waals surface area contributed by atoms with Crippen molar-refractivity contribution in [1.29, 1.82) is 0 Å². The van der Waals surface area contributed by atoms with Crippen LogP contribution in [0.25, 0.3) is 5.57 Å². The van der Waals surface area contributed by atoms with E-state index in [4.69, 9.17) is 5.11 Å². The molecule has 1 N–H and O–H groups in total. The third-order valence-corrected chi connectivity index (χ3v) is 3.71. The van der Waals surface area contributed by atoms with E-state index < -0.39 is 17.7 Å². The van der Waals surface area contributed by atoms with Gasteiger partial charge in [-0.1, -0.05) is 30.4 Å². The first-order valence-corrected chi connectivity index (χ1v) is 7.08. The molecule has 0 radical (unpaired) electrons. The summed E-state index contributed by atoms with van der Waals surface area (Å²) in [4.78, 5) is 11.4. The number of thiophene rings is 1. The molecule has 0 fully saturated rings. The molecular formula is C16H11F3O2S. The molecule has 0 unspecified atom stereocenters. The van der Waals surface area contributed by atoms with Crippen LogP contribution in [0.5, 0.6) is 0 Å². The number of carbonyl (C=O) groups is 1. The molecule has 0 aliphatic rings. The Morgan fingerprint density at radius 2 is 1.82 bits per heavy atom. The zero-order chi connectivity index (χ0) is 16.2. The number of allylic oxidation sites excluding steroid dienone is 2. The van der Waals surface area contributed by atoms with Gasteiger partial charge in [0, 0.05) is 11.0 Å². The number of benzene rings is 1. The maximum atomic E-state index is 12.6. The minimum Gasteiger partial charge on any atom is -0.478 e. The average Bonchev–Trinajstić information content (AvgIpc) is 2.96. The van der Waals surface area contributed by atoms with Crippen LogP contribution in [-0.2, 0) is 11.0 Å². The van der Waals surface area contributed by atoms with Crippen molar-refractivity contribution in [3.05, 3.63) is 76.0 Å². The maximum Gasteiger partial charge on any atom is 0.416 e. The van der Waals surface area contributed by atoms with Crippen LogP contribution in [0.3, 0.4) is 0 Å². The van der Waals surface area contributed by atoms with Gasteiger partial charge in [0.1, 0.15) is 0 Å². The first kappa shape index (κ1) is 16.0. The fourth-order valence-corrected chi connectivity index (χ4v) is 2.59. The Morgan fingerprint density at radius 1 is 1.14 bits per heavy atom. The van der Waals surface area contributed by atoms with Crippen LogP contribution in [0.1, 0.15) is 16.0 Å². The van der Waals surface area contributed by atoms with E-state index in [9.17, 15) is 18.0 Å². The molecule has 0 aliphatic heterocycles. The molecule has 0 atom stereocenters. The van der Waals surface area contributed by atoms with E-state index in [2.05, 4.69) is 0 Å². The third kappa shape index (κ3) is 4.08. The molecular weight excluding hydrogens is 313 g/mol. The maximum absolute atomic E-state index is 12.6. The molecule has 0 saturated heterocycles. The van der Waals surface area contributed by atoms with E-state index >= 15 is 0 Å². The summed E-state index contributed by atoms with van der Waals surface area (Å²) in [5, 5.41) is 10.5. The topological polar surface area (TPSA) is 37.3 Å². The standard InChI is InChI=1S/C16H11F3O2S/c17-16(18,19)12-8-6-11(7-9-12)13(3-1-5-15(20)21)14-4-2-10-22-14/h1-10H,(H,20,21). The molecule has 22 heavy (non-hydrogen) atoms. The van der Waals surface area contributed by atoms with Gasteiger partial charge in [-0.05, 0) is 34.7 Å². The molecule has 2 aromatic rings. The normalized spacial score (nSPS) is 12.8. The second-order valence-electron chi connectivity index (χ2n) is 4.33. The molecule has 2 nitrogen and oxygen atoms in total. The number of hydrogen-bond acceptors (Lipinski definition) is 2. The quantitative estimate of drug-likeness (QED) is 0.645. The molecule has 6 heteroatoms. The molecule has 1 aromatic carbocycles. The summed E-state index contributed by atoms with van der Waals surface area (Å²) < 4.78 is 37.8. The lowest BCUT2D eigenvalue weighted by Crippen LogP contribution is -2.04. The number of aliphatic carboxylic acids is 1. The lowest BCUT2D eigenvalue weighted by molar-refractivity contribution is -0.137. The van der Waals surface area contributed by atoms with Gasteiger partial charge in [-0.15, -0.1) is 11.3 Å². The smallest absolute Gasteiger partial charge is 0.416 e. The number of alkyl halides is 3. The lowest BCUT2D eigenvalue weighted by Gasteiger charge is -2.09. The summed E-state index contributed by atoms with van der Waals surface area (Å²) in [6.07, 6.45) is -0.482. The van der Waals surface area contributed by atoms with Gasteiger partial charge >= 0.3 is 12.1 Å². The monoisotopic (exact) mass is 324 g/mol.